The van der Waals surface area contributed by atoms with Crippen molar-refractivity contribution < 1.29 is 0 Å². The van der Waals surface area contributed by atoms with E-state index >= 15 is 0 Å². The number of thiophene rings is 2. The summed E-state index contributed by atoms with van der Waals surface area (Å²) in [5.74, 6) is 0. The Morgan fingerprint density at radius 1 is 1.44 bits per heavy atom. The second kappa shape index (κ2) is 5.34. The highest BCUT2D eigenvalue weighted by molar-refractivity contribution is 9.10. The molecule has 0 amide bonds. The van der Waals surface area contributed by atoms with Crippen molar-refractivity contribution in [1.29, 1.82) is 0 Å². The van der Waals surface area contributed by atoms with Crippen LogP contribution in [-0.4, -0.2) is 0 Å². The Bertz CT molecular complexity index is 465. The summed E-state index contributed by atoms with van der Waals surface area (Å²) in [5, 5.41) is 2.18. The zero-order valence-electron chi connectivity index (χ0n) is 9.09. The van der Waals surface area contributed by atoms with Crippen molar-refractivity contribution in [2.45, 2.75) is 25.1 Å². The van der Waals surface area contributed by atoms with Gasteiger partial charge in [-0.05, 0) is 52.4 Å². The average Bonchev–Trinajstić information content (AvgIpc) is 2.85. The normalized spacial score (nSPS) is 13.0. The van der Waals surface area contributed by atoms with E-state index in [1.165, 1.54) is 24.7 Å². The van der Waals surface area contributed by atoms with Gasteiger partial charge >= 0.3 is 0 Å². The van der Waals surface area contributed by atoms with E-state index in [-0.39, 0.29) is 0 Å². The van der Waals surface area contributed by atoms with Gasteiger partial charge in [-0.1, -0.05) is 22.9 Å². The molecule has 0 bridgehead atoms. The minimum absolute atomic E-state index is 0.345. The van der Waals surface area contributed by atoms with Crippen molar-refractivity contribution in [3.8, 4) is 0 Å². The van der Waals surface area contributed by atoms with Crippen LogP contribution >= 0.6 is 54.5 Å². The average molecular weight is 380 g/mol. The predicted molar refractivity (Wildman–Crippen MR) is 81.2 cm³/mol. The number of rotatable bonds is 3. The molecule has 0 spiro atoms. The number of hydrogen-bond acceptors (Lipinski definition) is 2. The summed E-state index contributed by atoms with van der Waals surface area (Å²) < 4.78 is 1.21. The van der Waals surface area contributed by atoms with Gasteiger partial charge in [0.1, 0.15) is 0 Å². The Labute approximate surface area is 121 Å². The van der Waals surface area contributed by atoms with Crippen LogP contribution in [0.3, 0.4) is 0 Å². The van der Waals surface area contributed by atoms with Crippen molar-refractivity contribution >= 4 is 54.5 Å². The van der Waals surface area contributed by atoms with Crippen molar-refractivity contribution in [1.82, 2.24) is 0 Å². The molecule has 0 saturated carbocycles. The van der Waals surface area contributed by atoms with Crippen LogP contribution in [0, 0.1) is 6.92 Å². The zero-order chi connectivity index (χ0) is 11.7. The number of halogens is 2. The Kier molecular flexibility index (Phi) is 4.27. The summed E-state index contributed by atoms with van der Waals surface area (Å²) in [6, 6.07) is 4.45. The van der Waals surface area contributed by atoms with Crippen LogP contribution in [0.5, 0.6) is 0 Å². The molecule has 2 rings (SSSR count). The maximum atomic E-state index is 3.81. The Hall–Kier alpha value is 0.360. The Balaban J connectivity index is 2.35. The highest BCUT2D eigenvalue weighted by Gasteiger charge is 2.18. The monoisotopic (exact) mass is 378 g/mol. The third kappa shape index (κ3) is 2.45. The molecule has 1 unspecified atom stereocenters. The van der Waals surface area contributed by atoms with Crippen molar-refractivity contribution in [3.05, 3.63) is 42.2 Å². The molecule has 1 atom stereocenters. The van der Waals surface area contributed by atoms with E-state index in [4.69, 9.17) is 0 Å². The highest BCUT2D eigenvalue weighted by Crippen LogP contribution is 2.41. The maximum absolute atomic E-state index is 3.81. The summed E-state index contributed by atoms with van der Waals surface area (Å²) in [5.41, 5.74) is 1.45. The fraction of sp³-hybridized carbons (Fsp3) is 0.333. The molecule has 0 radical (unpaired) electrons. The van der Waals surface area contributed by atoms with Crippen LogP contribution in [0.1, 0.15) is 31.9 Å². The maximum Gasteiger partial charge on any atom is 0.0834 e. The highest BCUT2D eigenvalue weighted by atomic mass is 79.9. The van der Waals surface area contributed by atoms with Gasteiger partial charge in [-0.25, -0.2) is 0 Å². The van der Waals surface area contributed by atoms with Crippen LogP contribution in [0.15, 0.2) is 22.0 Å². The summed E-state index contributed by atoms with van der Waals surface area (Å²) in [6.45, 7) is 4.36. The zero-order valence-corrected chi connectivity index (χ0v) is 13.9. The van der Waals surface area contributed by atoms with Crippen molar-refractivity contribution in [3.63, 3.8) is 0 Å². The largest absolute Gasteiger partial charge is 0.147 e. The molecular weight excluding hydrogens is 368 g/mol. The van der Waals surface area contributed by atoms with Gasteiger partial charge in [0.15, 0.2) is 0 Å². The van der Waals surface area contributed by atoms with E-state index in [0.717, 1.165) is 6.42 Å². The second-order valence-electron chi connectivity index (χ2n) is 3.58. The minimum Gasteiger partial charge on any atom is -0.147 e. The lowest BCUT2D eigenvalue weighted by molar-refractivity contribution is 1.10. The summed E-state index contributed by atoms with van der Waals surface area (Å²) >= 11 is 11.1. The van der Waals surface area contributed by atoms with E-state index in [1.807, 2.05) is 22.7 Å². The molecule has 2 aromatic heterocycles. The standard InChI is InChI=1S/C12H12Br2S2/c1-3-8-4-5-15-12(8)11(14)10-6-9(13)7(2)16-10/h4-6,11H,3H2,1-2H3. The van der Waals surface area contributed by atoms with Gasteiger partial charge in [0.25, 0.3) is 0 Å². The first-order valence-corrected chi connectivity index (χ1v) is 8.50. The first-order chi connectivity index (χ1) is 7.63. The van der Waals surface area contributed by atoms with Crippen LogP contribution in [0.25, 0.3) is 0 Å². The van der Waals surface area contributed by atoms with Crippen molar-refractivity contribution in [2.75, 3.05) is 0 Å². The molecule has 0 saturated heterocycles. The number of hydrogen-bond donors (Lipinski definition) is 0. The lowest BCUT2D eigenvalue weighted by Crippen LogP contribution is -1.90. The van der Waals surface area contributed by atoms with E-state index in [2.05, 4.69) is 63.2 Å². The van der Waals surface area contributed by atoms with Crippen LogP contribution in [-0.2, 0) is 6.42 Å². The molecule has 16 heavy (non-hydrogen) atoms. The van der Waals surface area contributed by atoms with Gasteiger partial charge in [-0.2, -0.15) is 0 Å². The molecule has 0 aliphatic heterocycles. The van der Waals surface area contributed by atoms with Crippen LogP contribution < -0.4 is 0 Å². The molecule has 0 aromatic carbocycles. The molecule has 4 heteroatoms. The Morgan fingerprint density at radius 2 is 2.19 bits per heavy atom. The Morgan fingerprint density at radius 3 is 2.75 bits per heavy atom. The van der Waals surface area contributed by atoms with E-state index in [9.17, 15) is 0 Å². The molecule has 0 aliphatic carbocycles. The SMILES string of the molecule is CCc1ccsc1C(Br)c1cc(Br)c(C)s1. The third-order valence-electron chi connectivity index (χ3n) is 2.52. The number of alkyl halides is 1. The fourth-order valence-corrected chi connectivity index (χ4v) is 5.24. The summed E-state index contributed by atoms with van der Waals surface area (Å²) in [4.78, 5) is 4.50. The van der Waals surface area contributed by atoms with Gasteiger partial charge < -0.3 is 0 Å². The molecular formula is C12H12Br2S2. The molecule has 2 heterocycles. The topological polar surface area (TPSA) is 0 Å². The first-order valence-electron chi connectivity index (χ1n) is 5.09. The quantitative estimate of drug-likeness (QED) is 0.580. The third-order valence-corrected chi connectivity index (χ3v) is 7.30. The van der Waals surface area contributed by atoms with Gasteiger partial charge in [0, 0.05) is 19.1 Å². The molecule has 0 fully saturated rings. The smallest absolute Gasteiger partial charge is 0.0834 e. The molecule has 86 valence electrons. The van der Waals surface area contributed by atoms with Gasteiger partial charge in [0.2, 0.25) is 0 Å². The molecule has 0 N–H and O–H groups in total. The van der Waals surface area contributed by atoms with E-state index in [0.29, 0.717) is 4.83 Å². The predicted octanol–water partition coefficient (Wildman–Crippen LogP) is 5.93. The van der Waals surface area contributed by atoms with E-state index in [1.54, 1.807) is 0 Å². The minimum atomic E-state index is 0.345. The lowest BCUT2D eigenvalue weighted by atomic mass is 10.1. The van der Waals surface area contributed by atoms with E-state index < -0.39 is 0 Å². The first kappa shape index (κ1) is 12.8. The van der Waals surface area contributed by atoms with Gasteiger partial charge in [-0.3, -0.25) is 0 Å². The summed E-state index contributed by atoms with van der Waals surface area (Å²) in [6.07, 6.45) is 1.10. The second-order valence-corrected chi connectivity index (χ2v) is 7.58. The fourth-order valence-electron chi connectivity index (χ4n) is 1.60. The van der Waals surface area contributed by atoms with Crippen LogP contribution in [0.2, 0.25) is 0 Å². The van der Waals surface area contributed by atoms with Crippen LogP contribution in [0.4, 0.5) is 0 Å². The van der Waals surface area contributed by atoms with Gasteiger partial charge in [-0.15, -0.1) is 22.7 Å². The van der Waals surface area contributed by atoms with Gasteiger partial charge in [0.05, 0.1) is 4.83 Å². The molecule has 2 aromatic rings. The summed E-state index contributed by atoms with van der Waals surface area (Å²) in [7, 11) is 0. The molecule has 0 nitrogen and oxygen atoms in total. The lowest BCUT2D eigenvalue weighted by Gasteiger charge is -2.07. The molecule has 0 aliphatic rings. The van der Waals surface area contributed by atoms with Crippen molar-refractivity contribution in [2.24, 2.45) is 0 Å². The number of aryl methyl sites for hydroxylation is 2.